The quantitative estimate of drug-likeness (QED) is 0.259. The summed E-state index contributed by atoms with van der Waals surface area (Å²) in [5.41, 5.74) is 0. The molecule has 0 spiro atoms. The first-order valence-electron chi connectivity index (χ1n) is 8.29. The van der Waals surface area contributed by atoms with Crippen LogP contribution in [0.2, 0.25) is 0 Å². The third kappa shape index (κ3) is 4.33. The van der Waals surface area contributed by atoms with Crippen molar-refractivity contribution in [3.63, 3.8) is 0 Å². The number of hydrogen-bond donors (Lipinski definition) is 3. The van der Waals surface area contributed by atoms with Crippen molar-refractivity contribution in [2.75, 3.05) is 39.8 Å². The van der Waals surface area contributed by atoms with Gasteiger partial charge in [0.05, 0.1) is 12.1 Å². The summed E-state index contributed by atoms with van der Waals surface area (Å²) in [4.78, 5) is 15.5. The molecule has 0 saturated carbocycles. The fraction of sp³-hybridized carbons (Fsp3) is 0.833. The Kier molecular flexibility index (Phi) is 5.35. The van der Waals surface area contributed by atoms with Crippen molar-refractivity contribution < 1.29 is 30.5 Å². The van der Waals surface area contributed by atoms with E-state index in [-0.39, 0.29) is 18.8 Å². The Morgan fingerprint density at radius 3 is 2.41 bits per heavy atom. The molecule has 0 radical (unpaired) electrons. The molecule has 0 aromatic heterocycles. The fourth-order valence-corrected chi connectivity index (χ4v) is 5.01. The highest BCUT2D eigenvalue weighted by atomic mass is 32.3. The number of amidine groups is 1. The molecule has 0 aromatic rings. The van der Waals surface area contributed by atoms with Crippen molar-refractivity contribution in [3.05, 3.63) is 0 Å². The number of carbonyl (C=O) groups is 1. The summed E-state index contributed by atoms with van der Waals surface area (Å²) in [6.45, 7) is 1.81. The second-order valence-corrected chi connectivity index (χ2v) is 9.41. The number of likely N-dealkylation sites (N-methyl/N-ethyl adjacent to an activating group) is 1. The van der Waals surface area contributed by atoms with Crippen LogP contribution in [0.1, 0.15) is 12.8 Å². The Labute approximate surface area is 157 Å². The zero-order valence-electron chi connectivity index (χ0n) is 14.6. The number of carbonyl (C=O) groups excluding carboxylic acids is 1. The van der Waals surface area contributed by atoms with Crippen LogP contribution in [0.5, 0.6) is 0 Å². The van der Waals surface area contributed by atoms with Gasteiger partial charge in [0.1, 0.15) is 5.84 Å². The van der Waals surface area contributed by atoms with Crippen LogP contribution in [0.4, 0.5) is 4.79 Å². The maximum atomic E-state index is 12.5. The topological polar surface area (TPSA) is 164 Å². The van der Waals surface area contributed by atoms with Crippen LogP contribution in [0, 0.1) is 5.41 Å². The lowest BCUT2D eigenvalue weighted by Crippen LogP contribution is -2.56. The molecule has 2 unspecified atom stereocenters. The molecule has 3 rings (SSSR count). The van der Waals surface area contributed by atoms with E-state index in [1.807, 2.05) is 11.9 Å². The molecule has 3 aliphatic rings. The largest absolute Gasteiger partial charge is 0.418 e. The number of nitrogens with zero attached hydrogens (tertiary/aromatic N) is 4. The molecule has 2 bridgehead atoms. The summed E-state index contributed by atoms with van der Waals surface area (Å²) in [6.07, 6.45) is 0.548. The molecule has 13 nitrogen and oxygen atoms in total. The van der Waals surface area contributed by atoms with Crippen LogP contribution in [-0.2, 0) is 24.9 Å². The highest BCUT2D eigenvalue weighted by molar-refractivity contribution is 7.87. The predicted molar refractivity (Wildman–Crippen MR) is 92.2 cm³/mol. The van der Waals surface area contributed by atoms with Crippen molar-refractivity contribution in [1.29, 1.82) is 5.41 Å². The van der Waals surface area contributed by atoms with Gasteiger partial charge in [-0.2, -0.15) is 26.2 Å². The van der Waals surface area contributed by atoms with E-state index in [1.54, 1.807) is 0 Å². The zero-order chi connectivity index (χ0) is 20.0. The number of nitrogens with one attached hydrogen (secondary N) is 2. The van der Waals surface area contributed by atoms with E-state index in [1.165, 1.54) is 4.31 Å². The summed E-state index contributed by atoms with van der Waals surface area (Å²) < 4.78 is 63.3. The second-order valence-electron chi connectivity index (χ2n) is 6.73. The van der Waals surface area contributed by atoms with Gasteiger partial charge in [-0.05, 0) is 19.9 Å². The average molecular weight is 426 g/mol. The molecule has 15 heteroatoms. The van der Waals surface area contributed by atoms with E-state index >= 15 is 0 Å². The van der Waals surface area contributed by atoms with Crippen LogP contribution in [0.25, 0.3) is 0 Å². The summed E-state index contributed by atoms with van der Waals surface area (Å²) in [5, 5.41) is 8.69. The van der Waals surface area contributed by atoms with Crippen LogP contribution < -0.4 is 4.72 Å². The van der Waals surface area contributed by atoms with Gasteiger partial charge in [0.15, 0.2) is 0 Å². The Balaban J connectivity index is 1.67. The Morgan fingerprint density at radius 1 is 1.19 bits per heavy atom. The van der Waals surface area contributed by atoms with Gasteiger partial charge in [0.25, 0.3) is 0 Å². The van der Waals surface area contributed by atoms with Crippen LogP contribution in [-0.4, -0.2) is 104 Å². The normalized spacial score (nSPS) is 27.9. The first-order chi connectivity index (χ1) is 12.5. The third-order valence-electron chi connectivity index (χ3n) is 4.87. The lowest BCUT2D eigenvalue weighted by atomic mass is 10.0. The number of amides is 2. The van der Waals surface area contributed by atoms with Gasteiger partial charge in [-0.1, -0.05) is 0 Å². The van der Waals surface area contributed by atoms with E-state index < -0.39 is 38.7 Å². The minimum Gasteiger partial charge on any atom is -0.310 e. The Hall–Kier alpha value is -1.52. The first-order valence-corrected chi connectivity index (χ1v) is 11.1. The smallest absolute Gasteiger partial charge is 0.310 e. The van der Waals surface area contributed by atoms with Gasteiger partial charge >= 0.3 is 26.6 Å². The van der Waals surface area contributed by atoms with E-state index in [9.17, 15) is 21.6 Å². The minimum atomic E-state index is -4.86. The van der Waals surface area contributed by atoms with Gasteiger partial charge in [-0.15, -0.1) is 4.28 Å². The van der Waals surface area contributed by atoms with Crippen molar-refractivity contribution in [1.82, 2.24) is 23.9 Å². The number of rotatable bonds is 5. The molecule has 3 N–H and O–H groups in total. The van der Waals surface area contributed by atoms with Gasteiger partial charge in [0.2, 0.25) is 0 Å². The zero-order valence-corrected chi connectivity index (χ0v) is 16.2. The lowest BCUT2D eigenvalue weighted by molar-refractivity contribution is -0.0316. The second kappa shape index (κ2) is 7.14. The molecule has 2 atom stereocenters. The molecule has 154 valence electrons. The summed E-state index contributed by atoms with van der Waals surface area (Å²) in [7, 11) is -6.90. The monoisotopic (exact) mass is 426 g/mol. The molecular formula is C12H22N6O7S2. The number of urea groups is 1. The summed E-state index contributed by atoms with van der Waals surface area (Å²) in [6, 6.07) is -2.30. The van der Waals surface area contributed by atoms with E-state index in [4.69, 9.17) is 9.96 Å². The maximum absolute atomic E-state index is 12.5. The number of hydrogen-bond acceptors (Lipinski definition) is 8. The predicted octanol–water partition coefficient (Wildman–Crippen LogP) is -1.95. The Bertz CT molecular complexity index is 823. The molecule has 27 heavy (non-hydrogen) atoms. The van der Waals surface area contributed by atoms with E-state index in [0.717, 1.165) is 4.90 Å². The van der Waals surface area contributed by atoms with Crippen LogP contribution in [0.3, 0.4) is 0 Å². The molecule has 2 amide bonds. The molecule has 0 aromatic carbocycles. The average Bonchev–Trinajstić information content (AvgIpc) is 2.78. The maximum Gasteiger partial charge on any atom is 0.418 e. The van der Waals surface area contributed by atoms with Crippen molar-refractivity contribution in [3.8, 4) is 0 Å². The number of hydroxylamine groups is 2. The minimum absolute atomic E-state index is 0.0671. The standard InChI is InChI=1S/C12H22N6O7S2/c1-15-4-6-16(7-5-15)26(20,21)14-11(13)10-3-2-9-8-17(10)12(19)18(9)25-27(22,23)24/h9-10H,2-8H2,1H3,(H2,13,14)(H,22,23,24). The Morgan fingerprint density at radius 2 is 1.81 bits per heavy atom. The summed E-state index contributed by atoms with van der Waals surface area (Å²) >= 11 is 0. The van der Waals surface area contributed by atoms with E-state index in [0.29, 0.717) is 37.7 Å². The molecule has 3 saturated heterocycles. The number of piperazine rings is 1. The molecular weight excluding hydrogens is 404 g/mol. The third-order valence-corrected chi connectivity index (χ3v) is 6.74. The molecule has 3 fully saturated rings. The SMILES string of the molecule is CN1CCN(S(=O)(=O)NC(=N)C2CCC3CN2C(=O)N3OS(=O)(=O)O)CC1. The van der Waals surface area contributed by atoms with E-state index in [2.05, 4.69) is 9.01 Å². The van der Waals surface area contributed by atoms with Crippen LogP contribution in [0.15, 0.2) is 0 Å². The highest BCUT2D eigenvalue weighted by Crippen LogP contribution is 2.30. The van der Waals surface area contributed by atoms with Gasteiger partial charge in [0, 0.05) is 32.7 Å². The van der Waals surface area contributed by atoms with Crippen molar-refractivity contribution in [2.24, 2.45) is 0 Å². The summed E-state index contributed by atoms with van der Waals surface area (Å²) in [5.74, 6) is -0.366. The van der Waals surface area contributed by atoms with Crippen molar-refractivity contribution in [2.45, 2.75) is 24.9 Å². The highest BCUT2D eigenvalue weighted by Gasteiger charge is 2.49. The molecule has 3 aliphatic heterocycles. The van der Waals surface area contributed by atoms with Crippen molar-refractivity contribution >= 4 is 32.5 Å². The van der Waals surface area contributed by atoms with Gasteiger partial charge in [-0.3, -0.25) is 14.7 Å². The molecule has 0 aliphatic carbocycles. The molecule has 3 heterocycles. The number of piperidine rings is 1. The van der Waals surface area contributed by atoms with Gasteiger partial charge in [-0.25, -0.2) is 4.79 Å². The van der Waals surface area contributed by atoms with Gasteiger partial charge < -0.3 is 9.80 Å². The first kappa shape index (κ1) is 20.2. The van der Waals surface area contributed by atoms with Crippen LogP contribution >= 0.6 is 0 Å². The fourth-order valence-electron chi connectivity index (χ4n) is 3.43. The number of fused-ring (bicyclic) bond motifs is 2. The lowest BCUT2D eigenvalue weighted by Gasteiger charge is -2.34.